The molecule has 0 aliphatic rings. The fraction of sp³-hybridized carbons (Fsp3) is 0.600. The molecule has 0 fully saturated rings. The first kappa shape index (κ1) is 13.2. The van der Waals surface area contributed by atoms with Crippen LogP contribution in [0.4, 0.5) is 0 Å². The maximum Gasteiger partial charge on any atom is 0.0823 e. The van der Waals surface area contributed by atoms with E-state index in [4.69, 9.17) is 0 Å². The van der Waals surface area contributed by atoms with Crippen LogP contribution in [-0.2, 0) is 6.42 Å². The first-order chi connectivity index (χ1) is 7.49. The largest absolute Gasteiger partial charge is 0.328 e. The summed E-state index contributed by atoms with van der Waals surface area (Å²) in [6.45, 7) is 7.12. The number of quaternary nitrogens is 1. The zero-order chi connectivity index (χ0) is 12.0. The molecule has 0 radical (unpaired) electrons. The molecule has 0 aromatic heterocycles. The summed E-state index contributed by atoms with van der Waals surface area (Å²) >= 11 is 0. The molecule has 0 N–H and O–H groups in total. The van der Waals surface area contributed by atoms with E-state index in [0.29, 0.717) is 0 Å². The average molecular weight is 220 g/mol. The quantitative estimate of drug-likeness (QED) is 0.645. The number of hydrogen-bond donors (Lipinski definition) is 0. The molecule has 90 valence electrons. The van der Waals surface area contributed by atoms with E-state index in [2.05, 4.69) is 58.3 Å². The Morgan fingerprint density at radius 2 is 1.62 bits per heavy atom. The van der Waals surface area contributed by atoms with E-state index in [9.17, 15) is 0 Å². The van der Waals surface area contributed by atoms with Crippen LogP contribution >= 0.6 is 0 Å². The molecule has 0 unspecified atom stereocenters. The SMILES string of the molecule is CC(C)CC[N+](C)(C)CCc1ccccc1. The molecule has 16 heavy (non-hydrogen) atoms. The Kier molecular flexibility index (Phi) is 5.01. The molecule has 1 rings (SSSR count). The number of likely N-dealkylation sites (N-methyl/N-ethyl adjacent to an activating group) is 1. The fourth-order valence-corrected chi connectivity index (χ4v) is 1.80. The second-order valence-electron chi connectivity index (χ2n) is 5.80. The second-order valence-corrected chi connectivity index (χ2v) is 5.80. The topological polar surface area (TPSA) is 0 Å². The second kappa shape index (κ2) is 6.05. The number of benzene rings is 1. The molecule has 0 atom stereocenters. The van der Waals surface area contributed by atoms with Crippen LogP contribution in [0.15, 0.2) is 30.3 Å². The number of hydrogen-bond acceptors (Lipinski definition) is 0. The normalized spacial score (nSPS) is 12.1. The molecule has 1 heteroatoms. The summed E-state index contributed by atoms with van der Waals surface area (Å²) in [6, 6.07) is 10.8. The van der Waals surface area contributed by atoms with Gasteiger partial charge in [0.1, 0.15) is 0 Å². The number of nitrogens with zero attached hydrogens (tertiary/aromatic N) is 1. The van der Waals surface area contributed by atoms with Crippen molar-refractivity contribution in [2.45, 2.75) is 26.7 Å². The maximum atomic E-state index is 2.34. The summed E-state index contributed by atoms with van der Waals surface area (Å²) in [5.74, 6) is 0.814. The van der Waals surface area contributed by atoms with E-state index in [1.165, 1.54) is 31.5 Å². The molecule has 0 spiro atoms. The molecule has 0 saturated heterocycles. The van der Waals surface area contributed by atoms with E-state index in [1.54, 1.807) is 0 Å². The van der Waals surface area contributed by atoms with E-state index in [1.807, 2.05) is 0 Å². The molecule has 1 aromatic carbocycles. The van der Waals surface area contributed by atoms with Crippen molar-refractivity contribution in [2.75, 3.05) is 27.2 Å². The molecule has 0 heterocycles. The van der Waals surface area contributed by atoms with Crippen molar-refractivity contribution in [2.24, 2.45) is 5.92 Å². The Morgan fingerprint density at radius 1 is 1.00 bits per heavy atom. The highest BCUT2D eigenvalue weighted by atomic mass is 15.3. The Hall–Kier alpha value is -0.820. The van der Waals surface area contributed by atoms with Crippen LogP contribution in [0.2, 0.25) is 0 Å². The van der Waals surface area contributed by atoms with Crippen molar-refractivity contribution in [3.63, 3.8) is 0 Å². The van der Waals surface area contributed by atoms with Crippen molar-refractivity contribution in [3.8, 4) is 0 Å². The highest BCUT2D eigenvalue weighted by molar-refractivity contribution is 5.14. The third-order valence-corrected chi connectivity index (χ3v) is 3.16. The van der Waals surface area contributed by atoms with Gasteiger partial charge in [0.15, 0.2) is 0 Å². The van der Waals surface area contributed by atoms with E-state index >= 15 is 0 Å². The molecule has 0 aliphatic carbocycles. The number of rotatable bonds is 6. The molecule has 0 amide bonds. The van der Waals surface area contributed by atoms with Crippen LogP contribution < -0.4 is 0 Å². The Bertz CT molecular complexity index is 288. The van der Waals surface area contributed by atoms with Crippen LogP contribution in [0.1, 0.15) is 25.8 Å². The van der Waals surface area contributed by atoms with E-state index in [0.717, 1.165) is 10.4 Å². The highest BCUT2D eigenvalue weighted by Gasteiger charge is 2.15. The van der Waals surface area contributed by atoms with Gasteiger partial charge >= 0.3 is 0 Å². The standard InChI is InChI=1S/C15H26N/c1-14(2)10-12-16(3,4)13-11-15-8-6-5-7-9-15/h5-9,14H,10-13H2,1-4H3/q+1. The first-order valence-corrected chi connectivity index (χ1v) is 6.35. The lowest BCUT2D eigenvalue weighted by Gasteiger charge is -2.30. The third-order valence-electron chi connectivity index (χ3n) is 3.16. The van der Waals surface area contributed by atoms with E-state index < -0.39 is 0 Å². The predicted molar refractivity (Wildman–Crippen MR) is 71.4 cm³/mol. The summed E-state index contributed by atoms with van der Waals surface area (Å²) in [5.41, 5.74) is 1.46. The van der Waals surface area contributed by atoms with Gasteiger partial charge in [-0.3, -0.25) is 0 Å². The van der Waals surface area contributed by atoms with Crippen molar-refractivity contribution in [1.82, 2.24) is 0 Å². The zero-order valence-corrected chi connectivity index (χ0v) is 11.2. The Balaban J connectivity index is 2.36. The van der Waals surface area contributed by atoms with Gasteiger partial charge in [0.25, 0.3) is 0 Å². The van der Waals surface area contributed by atoms with Crippen LogP contribution in [0.25, 0.3) is 0 Å². The first-order valence-electron chi connectivity index (χ1n) is 6.35. The minimum atomic E-state index is 0.814. The van der Waals surface area contributed by atoms with Crippen LogP contribution in [-0.4, -0.2) is 31.7 Å². The average Bonchev–Trinajstić information content (AvgIpc) is 2.26. The van der Waals surface area contributed by atoms with Gasteiger partial charge in [-0.25, -0.2) is 0 Å². The van der Waals surface area contributed by atoms with Gasteiger partial charge in [0.2, 0.25) is 0 Å². The maximum absolute atomic E-state index is 2.34. The van der Waals surface area contributed by atoms with Gasteiger partial charge in [-0.2, -0.15) is 0 Å². The van der Waals surface area contributed by atoms with Crippen molar-refractivity contribution in [3.05, 3.63) is 35.9 Å². The van der Waals surface area contributed by atoms with Gasteiger partial charge in [0.05, 0.1) is 27.2 Å². The van der Waals surface area contributed by atoms with Crippen LogP contribution in [0.3, 0.4) is 0 Å². The predicted octanol–water partition coefficient (Wildman–Crippen LogP) is 3.35. The molecule has 0 aliphatic heterocycles. The molecule has 1 aromatic rings. The monoisotopic (exact) mass is 220 g/mol. The van der Waals surface area contributed by atoms with Crippen molar-refractivity contribution in [1.29, 1.82) is 0 Å². The smallest absolute Gasteiger partial charge is 0.0823 e. The highest BCUT2D eigenvalue weighted by Crippen LogP contribution is 2.09. The van der Waals surface area contributed by atoms with E-state index in [-0.39, 0.29) is 0 Å². The molecule has 0 saturated carbocycles. The molecule has 1 nitrogen and oxygen atoms in total. The van der Waals surface area contributed by atoms with Gasteiger partial charge in [0, 0.05) is 6.42 Å². The lowest BCUT2D eigenvalue weighted by Crippen LogP contribution is -2.42. The summed E-state index contributed by atoms with van der Waals surface area (Å²) in [5, 5.41) is 0. The Morgan fingerprint density at radius 3 is 2.19 bits per heavy atom. The van der Waals surface area contributed by atoms with Gasteiger partial charge < -0.3 is 4.48 Å². The van der Waals surface area contributed by atoms with Crippen molar-refractivity contribution < 1.29 is 4.48 Å². The van der Waals surface area contributed by atoms with Crippen LogP contribution in [0.5, 0.6) is 0 Å². The summed E-state index contributed by atoms with van der Waals surface area (Å²) in [4.78, 5) is 0. The summed E-state index contributed by atoms with van der Waals surface area (Å²) in [6.07, 6.45) is 2.51. The van der Waals surface area contributed by atoms with Gasteiger partial charge in [-0.15, -0.1) is 0 Å². The fourth-order valence-electron chi connectivity index (χ4n) is 1.80. The summed E-state index contributed by atoms with van der Waals surface area (Å²) < 4.78 is 1.13. The minimum absolute atomic E-state index is 0.814. The van der Waals surface area contributed by atoms with Gasteiger partial charge in [-0.1, -0.05) is 44.2 Å². The van der Waals surface area contributed by atoms with Crippen LogP contribution in [0, 0.1) is 5.92 Å². The Labute approximate surface area is 101 Å². The summed E-state index contributed by atoms with van der Waals surface area (Å²) in [7, 11) is 4.68. The van der Waals surface area contributed by atoms with Gasteiger partial charge in [-0.05, 0) is 17.9 Å². The lowest BCUT2D eigenvalue weighted by molar-refractivity contribution is -0.890. The molecular formula is C15H26N+. The minimum Gasteiger partial charge on any atom is -0.328 e. The third kappa shape index (κ3) is 5.32. The zero-order valence-electron chi connectivity index (χ0n) is 11.2. The lowest BCUT2D eigenvalue weighted by atomic mass is 10.1. The van der Waals surface area contributed by atoms with Crippen molar-refractivity contribution >= 4 is 0 Å². The molecule has 0 bridgehead atoms. The molecular weight excluding hydrogens is 194 g/mol.